The first kappa shape index (κ1) is 14.1. The maximum Gasteiger partial charge on any atom is 0.328 e. The van der Waals surface area contributed by atoms with Crippen LogP contribution in [0.25, 0.3) is 0 Å². The molecule has 0 saturated heterocycles. The van der Waals surface area contributed by atoms with E-state index in [1.807, 2.05) is 6.92 Å². The van der Waals surface area contributed by atoms with Gasteiger partial charge in [-0.2, -0.15) is 0 Å². The van der Waals surface area contributed by atoms with Gasteiger partial charge >= 0.3 is 12.0 Å². The van der Waals surface area contributed by atoms with Crippen molar-refractivity contribution in [3.05, 3.63) is 24.2 Å². The number of urea groups is 1. The molecule has 1 rings (SSSR count). The topological polar surface area (TPSA) is 82.8 Å². The summed E-state index contributed by atoms with van der Waals surface area (Å²) in [5, 5.41) is 11.4. The molecule has 0 bridgehead atoms. The summed E-state index contributed by atoms with van der Waals surface area (Å²) in [5.74, 6) is -0.426. The molecule has 1 aromatic rings. The van der Waals surface area contributed by atoms with Crippen molar-refractivity contribution in [2.24, 2.45) is 0 Å². The summed E-state index contributed by atoms with van der Waals surface area (Å²) >= 11 is 0. The number of aliphatic carboxylic acids is 1. The maximum absolute atomic E-state index is 11.9. The van der Waals surface area contributed by atoms with Crippen LogP contribution < -0.4 is 5.32 Å². The lowest BCUT2D eigenvalue weighted by Crippen LogP contribution is -2.54. The third-order valence-corrected chi connectivity index (χ3v) is 2.55. The second kappa shape index (κ2) is 5.57. The zero-order valence-electron chi connectivity index (χ0n) is 10.8. The highest BCUT2D eigenvalue weighted by atomic mass is 16.4. The van der Waals surface area contributed by atoms with Crippen LogP contribution in [0.5, 0.6) is 0 Å². The van der Waals surface area contributed by atoms with Crippen LogP contribution in [0, 0.1) is 0 Å². The molecule has 18 heavy (non-hydrogen) atoms. The van der Waals surface area contributed by atoms with Crippen molar-refractivity contribution < 1.29 is 19.1 Å². The van der Waals surface area contributed by atoms with Crippen LogP contribution >= 0.6 is 0 Å². The molecule has 0 spiro atoms. The number of nitrogens with zero attached hydrogens (tertiary/aromatic N) is 1. The Morgan fingerprint density at radius 3 is 2.61 bits per heavy atom. The minimum absolute atomic E-state index is 0.311. The van der Waals surface area contributed by atoms with Crippen LogP contribution in [0.3, 0.4) is 0 Å². The van der Waals surface area contributed by atoms with Crippen molar-refractivity contribution in [3.63, 3.8) is 0 Å². The molecule has 1 heterocycles. The van der Waals surface area contributed by atoms with Crippen LogP contribution in [0.4, 0.5) is 4.79 Å². The van der Waals surface area contributed by atoms with Crippen LogP contribution in [0.1, 0.15) is 26.5 Å². The van der Waals surface area contributed by atoms with Crippen LogP contribution in [-0.2, 0) is 11.3 Å². The van der Waals surface area contributed by atoms with E-state index in [9.17, 15) is 9.59 Å². The molecule has 0 unspecified atom stereocenters. The van der Waals surface area contributed by atoms with Crippen molar-refractivity contribution in [2.45, 2.75) is 32.9 Å². The molecule has 100 valence electrons. The Hall–Kier alpha value is -1.98. The van der Waals surface area contributed by atoms with Gasteiger partial charge in [0.15, 0.2) is 0 Å². The number of hydrogen-bond donors (Lipinski definition) is 2. The minimum Gasteiger partial charge on any atom is -0.480 e. The quantitative estimate of drug-likeness (QED) is 0.837. The summed E-state index contributed by atoms with van der Waals surface area (Å²) in [6.45, 7) is 5.46. The van der Waals surface area contributed by atoms with Gasteiger partial charge in [0.05, 0.1) is 12.8 Å². The van der Waals surface area contributed by atoms with E-state index < -0.39 is 17.5 Å². The van der Waals surface area contributed by atoms with Gasteiger partial charge in [0.1, 0.15) is 11.3 Å². The number of amides is 2. The predicted molar refractivity (Wildman–Crippen MR) is 65.0 cm³/mol. The van der Waals surface area contributed by atoms with E-state index in [2.05, 4.69) is 5.32 Å². The Morgan fingerprint density at radius 2 is 2.17 bits per heavy atom. The molecule has 2 N–H and O–H groups in total. The number of nitrogens with one attached hydrogen (secondary N) is 1. The van der Waals surface area contributed by atoms with Gasteiger partial charge in [-0.3, -0.25) is 0 Å². The van der Waals surface area contributed by atoms with Gasteiger partial charge in [-0.05, 0) is 32.9 Å². The van der Waals surface area contributed by atoms with Crippen LogP contribution in [-0.4, -0.2) is 34.1 Å². The zero-order chi connectivity index (χ0) is 13.8. The zero-order valence-corrected chi connectivity index (χ0v) is 10.8. The van der Waals surface area contributed by atoms with Gasteiger partial charge in [-0.1, -0.05) is 0 Å². The lowest BCUT2D eigenvalue weighted by atomic mass is 10.1. The summed E-state index contributed by atoms with van der Waals surface area (Å²) in [5.41, 5.74) is -1.30. The summed E-state index contributed by atoms with van der Waals surface area (Å²) in [6, 6.07) is 3.07. The van der Waals surface area contributed by atoms with E-state index in [1.54, 1.807) is 12.1 Å². The fourth-order valence-electron chi connectivity index (χ4n) is 1.32. The van der Waals surface area contributed by atoms with E-state index in [1.165, 1.54) is 25.0 Å². The lowest BCUT2D eigenvalue weighted by molar-refractivity contribution is -0.143. The molecule has 6 heteroatoms. The second-order valence-corrected chi connectivity index (χ2v) is 4.45. The predicted octanol–water partition coefficient (Wildman–Crippen LogP) is 1.67. The average Bonchev–Trinajstić information content (AvgIpc) is 2.77. The number of carboxylic acid groups (broad SMARTS) is 1. The lowest BCUT2D eigenvalue weighted by Gasteiger charge is -2.26. The molecule has 1 aromatic heterocycles. The monoisotopic (exact) mass is 254 g/mol. The van der Waals surface area contributed by atoms with Crippen LogP contribution in [0.15, 0.2) is 22.8 Å². The summed E-state index contributed by atoms with van der Waals surface area (Å²) in [4.78, 5) is 24.3. The molecular weight excluding hydrogens is 236 g/mol. The normalized spacial score (nSPS) is 11.1. The van der Waals surface area contributed by atoms with Crippen molar-refractivity contribution >= 4 is 12.0 Å². The highest BCUT2D eigenvalue weighted by molar-refractivity contribution is 5.85. The first-order valence-corrected chi connectivity index (χ1v) is 5.69. The maximum atomic E-state index is 11.9. The largest absolute Gasteiger partial charge is 0.480 e. The number of carbonyl (C=O) groups is 2. The summed E-state index contributed by atoms with van der Waals surface area (Å²) in [6.07, 6.45) is 1.53. The fourth-order valence-corrected chi connectivity index (χ4v) is 1.32. The van der Waals surface area contributed by atoms with Gasteiger partial charge in [-0.25, -0.2) is 9.59 Å². The fraction of sp³-hybridized carbons (Fsp3) is 0.500. The van der Waals surface area contributed by atoms with E-state index in [0.29, 0.717) is 18.8 Å². The molecule has 0 atom stereocenters. The average molecular weight is 254 g/mol. The van der Waals surface area contributed by atoms with E-state index in [-0.39, 0.29) is 0 Å². The number of furan rings is 1. The van der Waals surface area contributed by atoms with Gasteiger partial charge in [-0.15, -0.1) is 0 Å². The third-order valence-electron chi connectivity index (χ3n) is 2.55. The van der Waals surface area contributed by atoms with E-state index >= 15 is 0 Å². The Bertz CT molecular complexity index is 412. The van der Waals surface area contributed by atoms with E-state index in [4.69, 9.17) is 9.52 Å². The SMILES string of the molecule is CCN(Cc1ccco1)C(=O)NC(C)(C)C(=O)O. The van der Waals surface area contributed by atoms with Crippen molar-refractivity contribution in [1.29, 1.82) is 0 Å². The van der Waals surface area contributed by atoms with Gasteiger partial charge in [0, 0.05) is 6.54 Å². The molecule has 0 aliphatic heterocycles. The number of hydrogen-bond acceptors (Lipinski definition) is 3. The number of rotatable bonds is 5. The minimum atomic E-state index is -1.30. The molecule has 0 aromatic carbocycles. The van der Waals surface area contributed by atoms with Gasteiger partial charge in [0.25, 0.3) is 0 Å². The van der Waals surface area contributed by atoms with E-state index in [0.717, 1.165) is 0 Å². The van der Waals surface area contributed by atoms with Crippen molar-refractivity contribution in [3.8, 4) is 0 Å². The van der Waals surface area contributed by atoms with Crippen LogP contribution in [0.2, 0.25) is 0 Å². The summed E-state index contributed by atoms with van der Waals surface area (Å²) < 4.78 is 5.16. The Labute approximate surface area is 106 Å². The smallest absolute Gasteiger partial charge is 0.328 e. The molecule has 0 fully saturated rings. The Kier molecular flexibility index (Phi) is 4.36. The third kappa shape index (κ3) is 3.51. The molecule has 0 aliphatic carbocycles. The number of carbonyl (C=O) groups excluding carboxylic acids is 1. The first-order chi connectivity index (χ1) is 8.36. The molecule has 2 amide bonds. The Balaban J connectivity index is 2.66. The van der Waals surface area contributed by atoms with Gasteiger partial charge in [0.2, 0.25) is 0 Å². The summed E-state index contributed by atoms with van der Waals surface area (Å²) in [7, 11) is 0. The Morgan fingerprint density at radius 1 is 1.50 bits per heavy atom. The molecule has 0 aliphatic rings. The molecule has 0 saturated carbocycles. The highest BCUT2D eigenvalue weighted by Gasteiger charge is 2.30. The number of carboxylic acids is 1. The second-order valence-electron chi connectivity index (χ2n) is 4.45. The van der Waals surface area contributed by atoms with Crippen molar-refractivity contribution in [2.75, 3.05) is 6.54 Å². The van der Waals surface area contributed by atoms with Crippen molar-refractivity contribution in [1.82, 2.24) is 10.2 Å². The first-order valence-electron chi connectivity index (χ1n) is 5.69. The van der Waals surface area contributed by atoms with Gasteiger partial charge < -0.3 is 19.7 Å². The molecule has 6 nitrogen and oxygen atoms in total. The highest BCUT2D eigenvalue weighted by Crippen LogP contribution is 2.08. The standard InChI is InChI=1S/C12H18N2O4/c1-4-14(8-9-6-5-7-18-9)11(17)13-12(2,3)10(15)16/h5-7H,4,8H2,1-3H3,(H,13,17)(H,15,16). The molecular formula is C12H18N2O4. The molecule has 0 radical (unpaired) electrons.